The lowest BCUT2D eigenvalue weighted by molar-refractivity contribution is -0.156. The zero-order chi connectivity index (χ0) is 10.6. The summed E-state index contributed by atoms with van der Waals surface area (Å²) in [7, 11) is 12.0. The van der Waals surface area contributed by atoms with E-state index in [-0.39, 0.29) is 0 Å². The molecule has 7 heteroatoms. The highest BCUT2D eigenvalue weighted by Gasteiger charge is 2.40. The van der Waals surface area contributed by atoms with Crippen LogP contribution in [0.1, 0.15) is 0 Å². The van der Waals surface area contributed by atoms with Gasteiger partial charge in [0.15, 0.2) is 0 Å². The van der Waals surface area contributed by atoms with Crippen molar-refractivity contribution in [1.82, 2.24) is 0 Å². The SMILES string of the molecule is [B]C([B])(C(=O)OC)C(=O)C(=O)OC. The first kappa shape index (κ1) is 11.7. The highest BCUT2D eigenvalue weighted by Crippen LogP contribution is 2.19. The molecule has 0 saturated carbocycles. The molecule has 13 heavy (non-hydrogen) atoms. The van der Waals surface area contributed by atoms with E-state index in [1.807, 2.05) is 0 Å². The third-order valence-electron chi connectivity index (χ3n) is 1.27. The Balaban J connectivity index is 4.73. The van der Waals surface area contributed by atoms with E-state index in [2.05, 4.69) is 9.47 Å². The maximum Gasteiger partial charge on any atom is 0.373 e. The number of ether oxygens (including phenoxy) is 2. The molecule has 0 aromatic rings. The minimum absolute atomic E-state index is 0.966. The van der Waals surface area contributed by atoms with Gasteiger partial charge < -0.3 is 9.47 Å². The largest absolute Gasteiger partial charge is 0.469 e. The molecule has 0 fully saturated rings. The van der Waals surface area contributed by atoms with Crippen LogP contribution < -0.4 is 0 Å². The van der Waals surface area contributed by atoms with E-state index < -0.39 is 22.9 Å². The summed E-state index contributed by atoms with van der Waals surface area (Å²) in [6, 6.07) is 0. The molecule has 0 aliphatic heterocycles. The fraction of sp³-hybridized carbons (Fsp3) is 0.500. The van der Waals surface area contributed by atoms with Gasteiger partial charge in [0.1, 0.15) is 0 Å². The monoisotopic (exact) mass is 180 g/mol. The van der Waals surface area contributed by atoms with Crippen LogP contribution in [0.5, 0.6) is 0 Å². The number of ketones is 1. The number of Topliss-reactive ketones (excluding diaryl/α,β-unsaturated/α-hetero) is 1. The van der Waals surface area contributed by atoms with Gasteiger partial charge >= 0.3 is 11.9 Å². The lowest BCUT2D eigenvalue weighted by Gasteiger charge is -2.18. The number of rotatable bonds is 3. The summed E-state index contributed by atoms with van der Waals surface area (Å²) in [6.07, 6.45) is 0. The van der Waals surface area contributed by atoms with Crippen LogP contribution in [0.3, 0.4) is 0 Å². The second-order valence-corrected chi connectivity index (χ2v) is 2.18. The average Bonchev–Trinajstić information content (AvgIpc) is 2.13. The first-order valence-corrected chi connectivity index (χ1v) is 3.16. The molecule has 5 nitrogen and oxygen atoms in total. The van der Waals surface area contributed by atoms with Gasteiger partial charge in [-0.3, -0.25) is 9.59 Å². The lowest BCUT2D eigenvalue weighted by Crippen LogP contribution is -2.39. The quantitative estimate of drug-likeness (QED) is 0.225. The minimum atomic E-state index is -2.48. The Morgan fingerprint density at radius 2 is 1.54 bits per heavy atom. The number of methoxy groups -OCH3 is 2. The normalized spacial score (nSPS) is 10.3. The first-order chi connectivity index (χ1) is 5.87. The molecule has 66 valence electrons. The Morgan fingerprint density at radius 1 is 1.08 bits per heavy atom. The summed E-state index contributed by atoms with van der Waals surface area (Å²) >= 11 is 0. The molecule has 0 aromatic carbocycles. The molecule has 0 aliphatic carbocycles. The van der Waals surface area contributed by atoms with Crippen LogP contribution in [-0.4, -0.2) is 47.6 Å². The van der Waals surface area contributed by atoms with Crippen molar-refractivity contribution < 1.29 is 23.9 Å². The van der Waals surface area contributed by atoms with Gasteiger partial charge in [-0.2, -0.15) is 0 Å². The predicted molar refractivity (Wildman–Crippen MR) is 43.2 cm³/mol. The molecule has 4 radical (unpaired) electrons. The van der Waals surface area contributed by atoms with Crippen molar-refractivity contribution in [1.29, 1.82) is 0 Å². The van der Waals surface area contributed by atoms with Gasteiger partial charge in [0.2, 0.25) is 5.78 Å². The van der Waals surface area contributed by atoms with E-state index in [4.69, 9.17) is 15.7 Å². The number of carbonyl (C=O) groups is 3. The van der Waals surface area contributed by atoms with Crippen LogP contribution in [0.4, 0.5) is 0 Å². The van der Waals surface area contributed by atoms with Gasteiger partial charge in [-0.15, -0.1) is 0 Å². The molecule has 0 heterocycles. The third kappa shape index (κ3) is 2.34. The van der Waals surface area contributed by atoms with E-state index in [0.717, 1.165) is 14.2 Å². The summed E-state index contributed by atoms with van der Waals surface area (Å²) in [5, 5.41) is -2.48. The molecule has 0 bridgehead atoms. The predicted octanol–water partition coefficient (Wildman–Crippen LogP) is -1.65. The molecule has 0 amide bonds. The van der Waals surface area contributed by atoms with Crippen LogP contribution in [0, 0.1) is 0 Å². The average molecular weight is 180 g/mol. The van der Waals surface area contributed by atoms with E-state index >= 15 is 0 Å². The molecule has 0 unspecified atom stereocenters. The van der Waals surface area contributed by atoms with Gasteiger partial charge in [-0.25, -0.2) is 4.79 Å². The lowest BCUT2D eigenvalue weighted by atomic mass is 9.52. The molecule has 0 aromatic heterocycles. The molecule has 0 rings (SSSR count). The molecule has 0 N–H and O–H groups in total. The van der Waals surface area contributed by atoms with Crippen LogP contribution in [0.25, 0.3) is 0 Å². The molecular weight excluding hydrogens is 174 g/mol. The van der Waals surface area contributed by atoms with Crippen LogP contribution in [0.15, 0.2) is 0 Å². The van der Waals surface area contributed by atoms with Gasteiger partial charge in [-0.1, -0.05) is 0 Å². The van der Waals surface area contributed by atoms with Crippen LogP contribution in [0.2, 0.25) is 5.21 Å². The molecule has 0 atom stereocenters. The van der Waals surface area contributed by atoms with Crippen molar-refractivity contribution in [3.05, 3.63) is 0 Å². The maximum atomic E-state index is 11.0. The minimum Gasteiger partial charge on any atom is -0.469 e. The van der Waals surface area contributed by atoms with E-state index in [1.54, 1.807) is 0 Å². The zero-order valence-electron chi connectivity index (χ0n) is 7.20. The van der Waals surface area contributed by atoms with Crippen molar-refractivity contribution in [2.75, 3.05) is 14.2 Å². The van der Waals surface area contributed by atoms with Crippen molar-refractivity contribution in [3.8, 4) is 0 Å². The van der Waals surface area contributed by atoms with Gasteiger partial charge in [0.05, 0.1) is 35.1 Å². The fourth-order valence-electron chi connectivity index (χ4n) is 0.523. The number of hydrogen-bond acceptors (Lipinski definition) is 5. The smallest absolute Gasteiger partial charge is 0.373 e. The summed E-state index contributed by atoms with van der Waals surface area (Å²) < 4.78 is 8.15. The standard InChI is InChI=1S/C6H6B2O5/c1-12-4(10)3(9)6(7,8)5(11)13-2/h1-2H3. The Morgan fingerprint density at radius 3 is 1.85 bits per heavy atom. The van der Waals surface area contributed by atoms with E-state index in [1.165, 1.54) is 0 Å². The number of hydrogen-bond donors (Lipinski definition) is 0. The third-order valence-corrected chi connectivity index (χ3v) is 1.27. The van der Waals surface area contributed by atoms with Crippen molar-refractivity contribution in [2.24, 2.45) is 0 Å². The van der Waals surface area contributed by atoms with Gasteiger partial charge in [0.25, 0.3) is 0 Å². The second kappa shape index (κ2) is 4.11. The summed E-state index contributed by atoms with van der Waals surface area (Å²) in [5.74, 6) is -3.86. The van der Waals surface area contributed by atoms with Crippen LogP contribution >= 0.6 is 0 Å². The fourth-order valence-corrected chi connectivity index (χ4v) is 0.523. The van der Waals surface area contributed by atoms with E-state index in [9.17, 15) is 14.4 Å². The van der Waals surface area contributed by atoms with Crippen molar-refractivity contribution in [3.63, 3.8) is 0 Å². The van der Waals surface area contributed by atoms with Gasteiger partial charge in [-0.05, 0) is 0 Å². The Hall–Kier alpha value is -1.26. The highest BCUT2D eigenvalue weighted by atomic mass is 16.5. The van der Waals surface area contributed by atoms with Crippen molar-refractivity contribution in [2.45, 2.75) is 5.21 Å². The molecule has 0 aliphatic rings. The summed E-state index contributed by atoms with van der Waals surface area (Å²) in [4.78, 5) is 32.4. The highest BCUT2D eigenvalue weighted by molar-refractivity contribution is 6.69. The zero-order valence-corrected chi connectivity index (χ0v) is 7.20. The van der Waals surface area contributed by atoms with E-state index in [0.29, 0.717) is 0 Å². The first-order valence-electron chi connectivity index (χ1n) is 3.16. The van der Waals surface area contributed by atoms with Gasteiger partial charge in [0, 0.05) is 0 Å². The molecule has 0 saturated heterocycles. The summed E-state index contributed by atoms with van der Waals surface area (Å²) in [6.45, 7) is 0. The second-order valence-electron chi connectivity index (χ2n) is 2.18. The number of esters is 2. The molecular formula is C6H6B2O5. The number of carbonyl (C=O) groups excluding carboxylic acids is 3. The Bertz CT molecular complexity index is 247. The topological polar surface area (TPSA) is 69.7 Å². The Kier molecular flexibility index (Phi) is 3.71. The maximum absolute atomic E-state index is 11.0. The summed E-state index contributed by atoms with van der Waals surface area (Å²) in [5.41, 5.74) is 0. The molecule has 0 spiro atoms. The van der Waals surface area contributed by atoms with Crippen molar-refractivity contribution >= 4 is 33.4 Å². The Labute approximate surface area is 77.6 Å². The van der Waals surface area contributed by atoms with Crippen LogP contribution in [-0.2, 0) is 23.9 Å².